The fourth-order valence-corrected chi connectivity index (χ4v) is 2.23. The van der Waals surface area contributed by atoms with Crippen LogP contribution in [0.15, 0.2) is 11.6 Å². The molecule has 172 valence electrons. The minimum absolute atomic E-state index is 0.00189. The normalized spacial score (nSPS) is 13.2. The molecule has 9 nitrogen and oxygen atoms in total. The second kappa shape index (κ2) is 11.6. The van der Waals surface area contributed by atoms with E-state index in [0.717, 1.165) is 7.11 Å². The van der Waals surface area contributed by atoms with Crippen molar-refractivity contribution < 1.29 is 38.1 Å². The standard InChI is InChI=1S/C21H35NO8/c1-10-28-16(23)14(2)12-11-13-15(17(24)27-9)22(18(25)29-20(3,4)5)19(26)30-21(6,7)8/h12,15H,10-11,13H2,1-9H3/b14-12-/t15-/m0/s1. The third kappa shape index (κ3) is 10.3. The molecule has 0 radical (unpaired) electrons. The number of ether oxygens (including phenoxy) is 4. The number of hydrogen-bond donors (Lipinski definition) is 0. The molecule has 9 heteroatoms. The predicted octanol–water partition coefficient (Wildman–Crippen LogP) is 3.99. The van der Waals surface area contributed by atoms with Crippen molar-refractivity contribution in [1.29, 1.82) is 0 Å². The Kier molecular flexibility index (Phi) is 10.6. The van der Waals surface area contributed by atoms with E-state index in [1.165, 1.54) is 0 Å². The maximum absolute atomic E-state index is 12.7. The number of carbonyl (C=O) groups excluding carboxylic acids is 4. The van der Waals surface area contributed by atoms with Gasteiger partial charge in [-0.2, -0.15) is 4.90 Å². The van der Waals surface area contributed by atoms with Crippen LogP contribution in [0.4, 0.5) is 9.59 Å². The molecule has 0 aliphatic rings. The van der Waals surface area contributed by atoms with Gasteiger partial charge >= 0.3 is 24.1 Å². The van der Waals surface area contributed by atoms with Crippen molar-refractivity contribution in [3.05, 3.63) is 11.6 Å². The highest BCUT2D eigenvalue weighted by atomic mass is 16.6. The van der Waals surface area contributed by atoms with Crippen LogP contribution in [0.1, 0.15) is 68.2 Å². The number of nitrogens with zero attached hydrogens (tertiary/aromatic N) is 1. The van der Waals surface area contributed by atoms with Gasteiger partial charge in [0, 0.05) is 5.57 Å². The van der Waals surface area contributed by atoms with Crippen LogP contribution in [0.25, 0.3) is 0 Å². The monoisotopic (exact) mass is 429 g/mol. The van der Waals surface area contributed by atoms with Gasteiger partial charge in [-0.1, -0.05) is 6.08 Å². The molecule has 0 saturated carbocycles. The van der Waals surface area contributed by atoms with Gasteiger partial charge in [-0.25, -0.2) is 19.2 Å². The lowest BCUT2D eigenvalue weighted by atomic mass is 10.1. The molecule has 0 saturated heterocycles. The minimum Gasteiger partial charge on any atom is -0.467 e. The molecule has 0 aromatic rings. The summed E-state index contributed by atoms with van der Waals surface area (Å²) in [5, 5.41) is 0. The first-order chi connectivity index (χ1) is 13.6. The highest BCUT2D eigenvalue weighted by Gasteiger charge is 2.40. The van der Waals surface area contributed by atoms with E-state index in [1.54, 1.807) is 61.5 Å². The van der Waals surface area contributed by atoms with Crippen LogP contribution in [-0.4, -0.2) is 60.0 Å². The lowest BCUT2D eigenvalue weighted by molar-refractivity contribution is -0.146. The van der Waals surface area contributed by atoms with Crippen molar-refractivity contribution in [3.63, 3.8) is 0 Å². The summed E-state index contributed by atoms with van der Waals surface area (Å²) >= 11 is 0. The Hall–Kier alpha value is -2.58. The van der Waals surface area contributed by atoms with Crippen LogP contribution in [0, 0.1) is 0 Å². The number of imide groups is 1. The quantitative estimate of drug-likeness (QED) is 0.339. The van der Waals surface area contributed by atoms with E-state index < -0.39 is 41.4 Å². The molecule has 0 aromatic carbocycles. The zero-order chi connectivity index (χ0) is 23.7. The molecular weight excluding hydrogens is 394 g/mol. The summed E-state index contributed by atoms with van der Waals surface area (Å²) in [5.74, 6) is -1.29. The molecule has 0 aromatic heterocycles. The second-order valence-electron chi connectivity index (χ2n) is 8.55. The third-order valence-corrected chi connectivity index (χ3v) is 3.45. The molecule has 0 unspecified atom stereocenters. The molecule has 0 rings (SSSR count). The summed E-state index contributed by atoms with van der Waals surface area (Å²) in [6.45, 7) is 13.3. The molecule has 0 fully saturated rings. The van der Waals surface area contributed by atoms with Crippen LogP contribution < -0.4 is 0 Å². The molecular formula is C21H35NO8. The summed E-state index contributed by atoms with van der Waals surface area (Å²) < 4.78 is 20.3. The molecule has 0 heterocycles. The van der Waals surface area contributed by atoms with E-state index >= 15 is 0 Å². The Morgan fingerprint density at radius 2 is 1.40 bits per heavy atom. The first kappa shape index (κ1) is 27.4. The average molecular weight is 430 g/mol. The maximum Gasteiger partial charge on any atom is 0.420 e. The van der Waals surface area contributed by atoms with E-state index in [2.05, 4.69) is 0 Å². The van der Waals surface area contributed by atoms with Gasteiger partial charge in [0.2, 0.25) is 0 Å². The van der Waals surface area contributed by atoms with Gasteiger partial charge in [0.1, 0.15) is 17.2 Å². The van der Waals surface area contributed by atoms with Gasteiger partial charge in [0.25, 0.3) is 0 Å². The molecule has 1 atom stereocenters. The van der Waals surface area contributed by atoms with E-state index in [0.29, 0.717) is 10.5 Å². The van der Waals surface area contributed by atoms with Crippen molar-refractivity contribution in [3.8, 4) is 0 Å². The van der Waals surface area contributed by atoms with Crippen molar-refractivity contribution in [2.45, 2.75) is 85.5 Å². The summed E-state index contributed by atoms with van der Waals surface area (Å²) in [5.41, 5.74) is -1.46. The SMILES string of the molecule is CCOC(=O)/C(C)=C\CC[C@@H](C(=O)OC)N(C(=O)OC(C)(C)C)C(=O)OC(C)(C)C. The predicted molar refractivity (Wildman–Crippen MR) is 110 cm³/mol. The van der Waals surface area contributed by atoms with E-state index in [-0.39, 0.29) is 19.4 Å². The Labute approximate surface area is 178 Å². The van der Waals surface area contributed by atoms with Gasteiger partial charge in [0.15, 0.2) is 0 Å². The van der Waals surface area contributed by atoms with Crippen LogP contribution in [0.5, 0.6) is 0 Å². The third-order valence-electron chi connectivity index (χ3n) is 3.45. The van der Waals surface area contributed by atoms with Crippen LogP contribution >= 0.6 is 0 Å². The van der Waals surface area contributed by atoms with Crippen LogP contribution in [0.3, 0.4) is 0 Å². The van der Waals surface area contributed by atoms with Gasteiger partial charge < -0.3 is 18.9 Å². The first-order valence-corrected chi connectivity index (χ1v) is 9.79. The fourth-order valence-electron chi connectivity index (χ4n) is 2.23. The highest BCUT2D eigenvalue weighted by Crippen LogP contribution is 2.20. The zero-order valence-electron chi connectivity index (χ0n) is 19.5. The van der Waals surface area contributed by atoms with Gasteiger partial charge in [0.05, 0.1) is 13.7 Å². The van der Waals surface area contributed by atoms with Crippen LogP contribution in [0.2, 0.25) is 0 Å². The van der Waals surface area contributed by atoms with E-state index in [9.17, 15) is 19.2 Å². The largest absolute Gasteiger partial charge is 0.467 e. The van der Waals surface area contributed by atoms with Gasteiger partial charge in [-0.3, -0.25) is 0 Å². The number of methoxy groups -OCH3 is 1. The Morgan fingerprint density at radius 1 is 0.933 bits per heavy atom. The van der Waals surface area contributed by atoms with Crippen LogP contribution in [-0.2, 0) is 28.5 Å². The topological polar surface area (TPSA) is 108 Å². The van der Waals surface area contributed by atoms with Crippen molar-refractivity contribution in [2.24, 2.45) is 0 Å². The molecule has 0 aliphatic carbocycles. The number of allylic oxidation sites excluding steroid dienone is 1. The highest BCUT2D eigenvalue weighted by molar-refractivity contribution is 5.94. The number of rotatable bonds is 7. The van der Waals surface area contributed by atoms with Crippen molar-refractivity contribution >= 4 is 24.1 Å². The minimum atomic E-state index is -1.30. The zero-order valence-corrected chi connectivity index (χ0v) is 19.5. The molecule has 0 bridgehead atoms. The van der Waals surface area contributed by atoms with Crippen molar-refractivity contribution in [2.75, 3.05) is 13.7 Å². The summed E-state index contributed by atoms with van der Waals surface area (Å²) in [6.07, 6.45) is -0.290. The number of carbonyl (C=O) groups is 4. The lowest BCUT2D eigenvalue weighted by Gasteiger charge is -2.32. The van der Waals surface area contributed by atoms with E-state index in [1.807, 2.05) is 0 Å². The summed E-state index contributed by atoms with van der Waals surface area (Å²) in [4.78, 5) is 50.3. The lowest BCUT2D eigenvalue weighted by Crippen LogP contribution is -2.52. The fraction of sp³-hybridized carbons (Fsp3) is 0.714. The number of hydrogen-bond acceptors (Lipinski definition) is 8. The average Bonchev–Trinajstić information content (AvgIpc) is 2.56. The first-order valence-electron chi connectivity index (χ1n) is 9.79. The van der Waals surface area contributed by atoms with Crippen molar-refractivity contribution in [1.82, 2.24) is 4.90 Å². The Bertz CT molecular complexity index is 627. The molecule has 30 heavy (non-hydrogen) atoms. The Morgan fingerprint density at radius 3 is 1.77 bits per heavy atom. The number of esters is 2. The molecule has 0 spiro atoms. The number of amides is 2. The molecule has 0 aliphatic heterocycles. The Balaban J connectivity index is 5.80. The maximum atomic E-state index is 12.7. The van der Waals surface area contributed by atoms with E-state index in [4.69, 9.17) is 18.9 Å². The molecule has 0 N–H and O–H groups in total. The second-order valence-corrected chi connectivity index (χ2v) is 8.55. The van der Waals surface area contributed by atoms with Gasteiger partial charge in [-0.15, -0.1) is 0 Å². The smallest absolute Gasteiger partial charge is 0.420 e. The van der Waals surface area contributed by atoms with Gasteiger partial charge in [-0.05, 0) is 68.2 Å². The summed E-state index contributed by atoms with van der Waals surface area (Å²) in [6, 6.07) is -1.30. The summed E-state index contributed by atoms with van der Waals surface area (Å²) in [7, 11) is 1.15. The molecule has 2 amide bonds.